The van der Waals surface area contributed by atoms with Crippen LogP contribution in [-0.2, 0) is 13.6 Å². The normalized spacial score (nSPS) is 12.6. The highest BCUT2D eigenvalue weighted by atomic mass is 19.1. The van der Waals surface area contributed by atoms with Crippen molar-refractivity contribution in [2.75, 3.05) is 0 Å². The highest BCUT2D eigenvalue weighted by Crippen LogP contribution is 2.14. The second-order valence-corrected chi connectivity index (χ2v) is 4.27. The van der Waals surface area contributed by atoms with E-state index in [2.05, 4.69) is 16.0 Å². The number of nitrogens with zero attached hydrogens (tertiary/aromatic N) is 1. The first-order chi connectivity index (χ1) is 8.16. The highest BCUT2D eigenvalue weighted by Gasteiger charge is 2.06. The molecule has 0 spiro atoms. The minimum Gasteiger partial charge on any atom is -0.353 e. The minimum atomic E-state index is -0.185. The first kappa shape index (κ1) is 11.9. The van der Waals surface area contributed by atoms with Gasteiger partial charge in [0, 0.05) is 31.5 Å². The second kappa shape index (κ2) is 5.15. The van der Waals surface area contributed by atoms with E-state index in [0.717, 1.165) is 12.1 Å². The summed E-state index contributed by atoms with van der Waals surface area (Å²) in [5, 5.41) is 3.38. The molecule has 0 aliphatic rings. The van der Waals surface area contributed by atoms with Gasteiger partial charge in [0.2, 0.25) is 0 Å². The maximum absolute atomic E-state index is 13.1. The molecule has 0 aliphatic carbocycles. The van der Waals surface area contributed by atoms with Crippen molar-refractivity contribution in [3.8, 4) is 0 Å². The molecule has 0 saturated heterocycles. The fourth-order valence-corrected chi connectivity index (χ4v) is 1.83. The molecule has 1 heterocycles. The van der Waals surface area contributed by atoms with E-state index in [-0.39, 0.29) is 11.9 Å². The average molecular weight is 232 g/mol. The Bertz CT molecular complexity index is 490. The number of hydrogen-bond donors (Lipinski definition) is 1. The summed E-state index contributed by atoms with van der Waals surface area (Å²) >= 11 is 0. The maximum atomic E-state index is 13.1. The van der Waals surface area contributed by atoms with Crippen LogP contribution in [0.25, 0.3) is 0 Å². The fraction of sp³-hybridized carbons (Fsp3) is 0.286. The molecule has 0 saturated carbocycles. The largest absolute Gasteiger partial charge is 0.353 e. The number of benzene rings is 1. The zero-order chi connectivity index (χ0) is 12.3. The van der Waals surface area contributed by atoms with Crippen molar-refractivity contribution in [1.29, 1.82) is 0 Å². The Morgan fingerprint density at radius 1 is 1.29 bits per heavy atom. The Hall–Kier alpha value is -1.61. The van der Waals surface area contributed by atoms with Crippen LogP contribution in [-0.4, -0.2) is 4.57 Å². The Morgan fingerprint density at radius 2 is 2.12 bits per heavy atom. The molecule has 90 valence electrons. The molecule has 3 heteroatoms. The summed E-state index contributed by atoms with van der Waals surface area (Å²) in [4.78, 5) is 0. The Balaban J connectivity index is 1.98. The molecule has 0 radical (unpaired) electrons. The number of aromatic nitrogens is 1. The maximum Gasteiger partial charge on any atom is 0.123 e. The second-order valence-electron chi connectivity index (χ2n) is 4.27. The van der Waals surface area contributed by atoms with Crippen LogP contribution in [0, 0.1) is 5.82 Å². The topological polar surface area (TPSA) is 17.0 Å². The highest BCUT2D eigenvalue weighted by molar-refractivity contribution is 5.19. The summed E-state index contributed by atoms with van der Waals surface area (Å²) in [7, 11) is 2.02. The van der Waals surface area contributed by atoms with Gasteiger partial charge in [-0.2, -0.15) is 0 Å². The van der Waals surface area contributed by atoms with Crippen LogP contribution in [0.4, 0.5) is 4.39 Å². The zero-order valence-electron chi connectivity index (χ0n) is 10.2. The van der Waals surface area contributed by atoms with Gasteiger partial charge in [-0.15, -0.1) is 0 Å². The van der Waals surface area contributed by atoms with Gasteiger partial charge in [0.1, 0.15) is 5.82 Å². The third kappa shape index (κ3) is 2.94. The lowest BCUT2D eigenvalue weighted by atomic mass is 10.1. The van der Waals surface area contributed by atoms with Crippen molar-refractivity contribution in [2.24, 2.45) is 7.05 Å². The van der Waals surface area contributed by atoms with Crippen LogP contribution in [0.15, 0.2) is 42.6 Å². The summed E-state index contributed by atoms with van der Waals surface area (Å²) in [6.45, 7) is 2.82. The first-order valence-electron chi connectivity index (χ1n) is 5.76. The predicted octanol–water partition coefficient (Wildman–Crippen LogP) is 3.02. The Morgan fingerprint density at radius 3 is 2.76 bits per heavy atom. The van der Waals surface area contributed by atoms with Crippen molar-refractivity contribution < 1.29 is 4.39 Å². The number of hydrogen-bond acceptors (Lipinski definition) is 1. The van der Waals surface area contributed by atoms with Crippen LogP contribution in [0.2, 0.25) is 0 Å². The quantitative estimate of drug-likeness (QED) is 0.857. The van der Waals surface area contributed by atoms with Crippen molar-refractivity contribution in [3.63, 3.8) is 0 Å². The molecule has 1 atom stereocenters. The van der Waals surface area contributed by atoms with Gasteiger partial charge in [0.25, 0.3) is 0 Å². The van der Waals surface area contributed by atoms with Gasteiger partial charge in [-0.05, 0) is 36.8 Å². The minimum absolute atomic E-state index is 0.139. The summed E-state index contributed by atoms with van der Waals surface area (Å²) in [5.74, 6) is -0.185. The summed E-state index contributed by atoms with van der Waals surface area (Å²) in [6.07, 6.45) is 2.02. The van der Waals surface area contributed by atoms with E-state index in [9.17, 15) is 4.39 Å². The lowest BCUT2D eigenvalue weighted by Gasteiger charge is -2.14. The molecule has 0 bridgehead atoms. The van der Waals surface area contributed by atoms with Gasteiger partial charge in [0.05, 0.1) is 0 Å². The van der Waals surface area contributed by atoms with Gasteiger partial charge in [0.15, 0.2) is 0 Å². The molecule has 2 aromatic rings. The Kier molecular flexibility index (Phi) is 3.59. The molecular formula is C14H17FN2. The Labute approximate surface area is 101 Å². The third-order valence-electron chi connectivity index (χ3n) is 2.99. The number of rotatable bonds is 4. The molecule has 0 fully saturated rings. The number of nitrogens with one attached hydrogen (secondary N) is 1. The third-order valence-corrected chi connectivity index (χ3v) is 2.99. The summed E-state index contributed by atoms with van der Waals surface area (Å²) in [5.41, 5.74) is 2.19. The lowest BCUT2D eigenvalue weighted by molar-refractivity contribution is 0.551. The van der Waals surface area contributed by atoms with E-state index in [4.69, 9.17) is 0 Å². The van der Waals surface area contributed by atoms with Gasteiger partial charge in [-0.1, -0.05) is 12.1 Å². The molecule has 1 aromatic carbocycles. The molecule has 2 nitrogen and oxygen atoms in total. The van der Waals surface area contributed by atoms with Crippen molar-refractivity contribution >= 4 is 0 Å². The smallest absolute Gasteiger partial charge is 0.123 e. The molecule has 1 aromatic heterocycles. The van der Waals surface area contributed by atoms with Crippen LogP contribution < -0.4 is 5.32 Å². The molecule has 2 rings (SSSR count). The molecular weight excluding hydrogens is 215 g/mol. The molecule has 17 heavy (non-hydrogen) atoms. The predicted molar refractivity (Wildman–Crippen MR) is 67.1 cm³/mol. The van der Waals surface area contributed by atoms with E-state index >= 15 is 0 Å². The SMILES string of the molecule is C[C@@H](NCc1cccn1C)c1cccc(F)c1. The molecule has 1 N–H and O–H groups in total. The number of halogens is 1. The van der Waals surface area contributed by atoms with E-state index < -0.39 is 0 Å². The van der Waals surface area contributed by atoms with E-state index in [1.54, 1.807) is 12.1 Å². The zero-order valence-corrected chi connectivity index (χ0v) is 10.2. The first-order valence-corrected chi connectivity index (χ1v) is 5.76. The lowest BCUT2D eigenvalue weighted by Crippen LogP contribution is -2.19. The molecule has 0 aliphatic heterocycles. The number of aryl methyl sites for hydroxylation is 1. The van der Waals surface area contributed by atoms with Gasteiger partial charge >= 0.3 is 0 Å². The fourth-order valence-electron chi connectivity index (χ4n) is 1.83. The van der Waals surface area contributed by atoms with Gasteiger partial charge in [-0.25, -0.2) is 4.39 Å². The van der Waals surface area contributed by atoms with E-state index in [1.807, 2.05) is 32.3 Å². The van der Waals surface area contributed by atoms with Gasteiger partial charge in [-0.3, -0.25) is 0 Å². The molecule has 0 amide bonds. The van der Waals surface area contributed by atoms with Crippen molar-refractivity contribution in [2.45, 2.75) is 19.5 Å². The monoisotopic (exact) mass is 232 g/mol. The van der Waals surface area contributed by atoms with Crippen LogP contribution in [0.1, 0.15) is 24.2 Å². The van der Waals surface area contributed by atoms with Crippen LogP contribution in [0.5, 0.6) is 0 Å². The van der Waals surface area contributed by atoms with Crippen LogP contribution in [0.3, 0.4) is 0 Å². The molecule has 0 unspecified atom stereocenters. The average Bonchev–Trinajstić information content (AvgIpc) is 2.72. The van der Waals surface area contributed by atoms with Crippen molar-refractivity contribution in [3.05, 3.63) is 59.7 Å². The summed E-state index contributed by atoms with van der Waals surface area (Å²) in [6, 6.07) is 10.9. The van der Waals surface area contributed by atoms with Crippen LogP contribution >= 0.6 is 0 Å². The van der Waals surface area contributed by atoms with Crippen molar-refractivity contribution in [1.82, 2.24) is 9.88 Å². The van der Waals surface area contributed by atoms with E-state index in [1.165, 1.54) is 11.8 Å². The summed E-state index contributed by atoms with van der Waals surface area (Å²) < 4.78 is 15.1. The van der Waals surface area contributed by atoms with E-state index in [0.29, 0.717) is 0 Å². The van der Waals surface area contributed by atoms with Gasteiger partial charge < -0.3 is 9.88 Å². The standard InChI is InChI=1S/C14H17FN2/c1-11(12-5-3-6-13(15)9-12)16-10-14-7-4-8-17(14)2/h3-9,11,16H,10H2,1-2H3/t11-/m1/s1.